The first-order chi connectivity index (χ1) is 17.2. The molecule has 188 valence electrons. The molecule has 8 nitrogen and oxygen atoms in total. The first-order valence-electron chi connectivity index (χ1n) is 12.3. The van der Waals surface area contributed by atoms with E-state index in [9.17, 15) is 9.59 Å². The third-order valence-electron chi connectivity index (χ3n) is 5.90. The number of alkyl carbamates (subject to hydrolysis) is 1. The molecule has 0 saturated carbocycles. The second-order valence-electron chi connectivity index (χ2n) is 9.98. The van der Waals surface area contributed by atoms with Crippen molar-refractivity contribution in [3.05, 3.63) is 65.0 Å². The van der Waals surface area contributed by atoms with E-state index < -0.39 is 11.7 Å². The molecule has 3 N–H and O–H groups in total. The van der Waals surface area contributed by atoms with Crippen LogP contribution in [0.5, 0.6) is 0 Å². The number of benzene rings is 2. The molecule has 2 heterocycles. The Bertz CT molecular complexity index is 1400. The normalized spacial score (nSPS) is 11.7. The molecule has 4 aromatic rings. The fourth-order valence-corrected chi connectivity index (χ4v) is 4.18. The third kappa shape index (κ3) is 5.64. The maximum Gasteiger partial charge on any atom is 0.407 e. The van der Waals surface area contributed by atoms with E-state index in [1.54, 1.807) is 12.1 Å². The summed E-state index contributed by atoms with van der Waals surface area (Å²) in [5.41, 5.74) is 10.7. The Kier molecular flexibility index (Phi) is 7.24. The van der Waals surface area contributed by atoms with Crippen LogP contribution < -0.4 is 11.1 Å². The first-order valence-corrected chi connectivity index (χ1v) is 12.3. The summed E-state index contributed by atoms with van der Waals surface area (Å²) >= 11 is 0. The van der Waals surface area contributed by atoms with Crippen LogP contribution in [0, 0.1) is 0 Å². The molecule has 0 fully saturated rings. The van der Waals surface area contributed by atoms with Gasteiger partial charge < -0.3 is 20.4 Å². The molecule has 0 unspecified atom stereocenters. The number of carbonyl (C=O) groups excluding carboxylic acids is 2. The Morgan fingerprint density at radius 2 is 1.83 bits per heavy atom. The average molecular weight is 488 g/mol. The number of imidazole rings is 1. The number of hydrogen-bond donors (Lipinski definition) is 2. The maximum absolute atomic E-state index is 12.0. The summed E-state index contributed by atoms with van der Waals surface area (Å²) in [6.07, 6.45) is 3.27. The van der Waals surface area contributed by atoms with Gasteiger partial charge in [0.15, 0.2) is 5.82 Å². The Morgan fingerprint density at radius 1 is 1.11 bits per heavy atom. The molecule has 0 aliphatic carbocycles. The van der Waals surface area contributed by atoms with Crippen molar-refractivity contribution < 1.29 is 14.3 Å². The summed E-state index contributed by atoms with van der Waals surface area (Å²) < 4.78 is 7.51. The highest BCUT2D eigenvalue weighted by atomic mass is 16.6. The molecule has 0 spiro atoms. The lowest BCUT2D eigenvalue weighted by atomic mass is 10.1. The van der Waals surface area contributed by atoms with Gasteiger partial charge in [0.05, 0.1) is 11.0 Å². The van der Waals surface area contributed by atoms with Crippen molar-refractivity contribution >= 4 is 40.1 Å². The van der Waals surface area contributed by atoms with Crippen molar-refractivity contribution in [2.45, 2.75) is 65.6 Å². The van der Waals surface area contributed by atoms with E-state index in [2.05, 4.69) is 33.9 Å². The zero-order chi connectivity index (χ0) is 25.9. The van der Waals surface area contributed by atoms with E-state index in [-0.39, 0.29) is 0 Å². The van der Waals surface area contributed by atoms with Crippen LogP contribution in [0.1, 0.15) is 67.8 Å². The van der Waals surface area contributed by atoms with Crippen LogP contribution in [0.15, 0.2) is 42.5 Å². The SMILES string of the molecule is CCCCc1nc2c(N)nc3cc(C=O)ccc3c2n1Cc1ccc(CNC(=O)OC(C)(C)C)cc1. The van der Waals surface area contributed by atoms with E-state index >= 15 is 0 Å². The molecule has 0 aliphatic rings. The van der Waals surface area contributed by atoms with Crippen molar-refractivity contribution in [3.8, 4) is 0 Å². The number of unbranched alkanes of at least 4 members (excludes halogenated alkanes) is 1. The van der Waals surface area contributed by atoms with Crippen LogP contribution in [0.4, 0.5) is 10.6 Å². The van der Waals surface area contributed by atoms with Crippen molar-refractivity contribution in [2.24, 2.45) is 0 Å². The quantitative estimate of drug-likeness (QED) is 0.322. The lowest BCUT2D eigenvalue weighted by molar-refractivity contribution is 0.0523. The number of nitrogens with zero attached hydrogens (tertiary/aromatic N) is 3. The molecule has 36 heavy (non-hydrogen) atoms. The van der Waals surface area contributed by atoms with Crippen LogP contribution in [0.3, 0.4) is 0 Å². The van der Waals surface area contributed by atoms with E-state index in [1.165, 1.54) is 0 Å². The van der Waals surface area contributed by atoms with Crippen LogP contribution in [0.2, 0.25) is 0 Å². The fourth-order valence-electron chi connectivity index (χ4n) is 4.18. The summed E-state index contributed by atoms with van der Waals surface area (Å²) in [7, 11) is 0. The van der Waals surface area contributed by atoms with Gasteiger partial charge >= 0.3 is 6.09 Å². The number of aromatic nitrogens is 3. The maximum atomic E-state index is 12.0. The zero-order valence-corrected chi connectivity index (χ0v) is 21.3. The summed E-state index contributed by atoms with van der Waals surface area (Å²) in [6, 6.07) is 13.6. The van der Waals surface area contributed by atoms with E-state index in [0.29, 0.717) is 35.5 Å². The molecular formula is C28H33N5O3. The summed E-state index contributed by atoms with van der Waals surface area (Å²) in [6.45, 7) is 8.67. The Balaban J connectivity index is 1.65. The number of amides is 1. The van der Waals surface area contributed by atoms with Gasteiger partial charge in [-0.25, -0.2) is 14.8 Å². The van der Waals surface area contributed by atoms with Gasteiger partial charge in [-0.1, -0.05) is 43.7 Å². The Labute approximate surface area is 210 Å². The van der Waals surface area contributed by atoms with Gasteiger partial charge in [0.2, 0.25) is 0 Å². The van der Waals surface area contributed by atoms with E-state index in [1.807, 2.05) is 39.0 Å². The number of aryl methyl sites for hydroxylation is 1. The number of anilines is 1. The number of carbonyl (C=O) groups is 2. The molecule has 0 atom stereocenters. The predicted octanol–water partition coefficient (Wildman–Crippen LogP) is 5.39. The van der Waals surface area contributed by atoms with Crippen LogP contribution in [0.25, 0.3) is 21.9 Å². The van der Waals surface area contributed by atoms with Gasteiger partial charge in [-0.2, -0.15) is 0 Å². The minimum absolute atomic E-state index is 0.362. The van der Waals surface area contributed by atoms with Gasteiger partial charge in [-0.05, 0) is 50.5 Å². The van der Waals surface area contributed by atoms with Crippen molar-refractivity contribution in [1.29, 1.82) is 0 Å². The number of nitrogens with two attached hydrogens (primary N) is 1. The first kappa shape index (κ1) is 25.2. The highest BCUT2D eigenvalue weighted by Gasteiger charge is 2.18. The topological polar surface area (TPSA) is 112 Å². The predicted molar refractivity (Wildman–Crippen MR) is 142 cm³/mol. The fraction of sp³-hybridized carbons (Fsp3) is 0.357. The monoisotopic (exact) mass is 487 g/mol. The summed E-state index contributed by atoms with van der Waals surface area (Å²) in [5, 5.41) is 3.71. The molecular weight excluding hydrogens is 454 g/mol. The highest BCUT2D eigenvalue weighted by Crippen LogP contribution is 2.30. The molecule has 0 bridgehead atoms. The molecule has 0 radical (unpaired) electrons. The number of nitrogen functional groups attached to an aromatic ring is 1. The van der Waals surface area contributed by atoms with E-state index in [4.69, 9.17) is 15.5 Å². The number of rotatable bonds is 8. The van der Waals surface area contributed by atoms with Crippen LogP contribution in [-0.4, -0.2) is 32.5 Å². The molecule has 0 saturated heterocycles. The largest absolute Gasteiger partial charge is 0.444 e. The zero-order valence-electron chi connectivity index (χ0n) is 21.3. The molecule has 4 rings (SSSR count). The van der Waals surface area contributed by atoms with E-state index in [0.717, 1.165) is 53.4 Å². The molecule has 8 heteroatoms. The van der Waals surface area contributed by atoms with Crippen molar-refractivity contribution in [2.75, 3.05) is 5.73 Å². The second-order valence-corrected chi connectivity index (χ2v) is 9.98. The van der Waals surface area contributed by atoms with Crippen LogP contribution >= 0.6 is 0 Å². The minimum Gasteiger partial charge on any atom is -0.444 e. The van der Waals surface area contributed by atoms with Crippen molar-refractivity contribution in [1.82, 2.24) is 19.9 Å². The average Bonchev–Trinajstić information content (AvgIpc) is 3.19. The molecule has 1 amide bonds. The van der Waals surface area contributed by atoms with Crippen LogP contribution in [-0.2, 0) is 24.2 Å². The standard InChI is InChI=1S/C28H33N5O3/c1-5-6-7-23-32-24-25(21-13-12-20(17-34)14-22(21)31-26(24)29)33(23)16-19-10-8-18(9-11-19)15-30-27(35)36-28(2,3)4/h8-14,17H,5-7,15-16H2,1-4H3,(H2,29,31)(H,30,35). The number of ether oxygens (including phenoxy) is 1. The van der Waals surface area contributed by atoms with Gasteiger partial charge in [0.1, 0.15) is 23.2 Å². The number of pyridine rings is 1. The Hall–Kier alpha value is -3.94. The molecule has 2 aromatic carbocycles. The van der Waals surface area contributed by atoms with Crippen molar-refractivity contribution in [3.63, 3.8) is 0 Å². The second kappa shape index (κ2) is 10.4. The summed E-state index contributed by atoms with van der Waals surface area (Å²) in [4.78, 5) is 32.6. The lowest BCUT2D eigenvalue weighted by Crippen LogP contribution is -2.32. The summed E-state index contributed by atoms with van der Waals surface area (Å²) in [5.74, 6) is 1.32. The number of aldehydes is 1. The molecule has 2 aromatic heterocycles. The minimum atomic E-state index is -0.533. The lowest BCUT2D eigenvalue weighted by Gasteiger charge is -2.19. The highest BCUT2D eigenvalue weighted by molar-refractivity contribution is 6.07. The Morgan fingerprint density at radius 3 is 2.50 bits per heavy atom. The van der Waals surface area contributed by atoms with Gasteiger partial charge in [-0.15, -0.1) is 0 Å². The smallest absolute Gasteiger partial charge is 0.407 e. The molecule has 0 aliphatic heterocycles. The van der Waals surface area contributed by atoms with Gasteiger partial charge in [-0.3, -0.25) is 4.79 Å². The van der Waals surface area contributed by atoms with Gasteiger partial charge in [0, 0.05) is 30.5 Å². The number of nitrogens with one attached hydrogen (secondary N) is 1. The number of fused-ring (bicyclic) bond motifs is 3. The third-order valence-corrected chi connectivity index (χ3v) is 5.90. The number of hydrogen-bond acceptors (Lipinski definition) is 6. The van der Waals surface area contributed by atoms with Gasteiger partial charge in [0.25, 0.3) is 0 Å².